The monoisotopic (exact) mass is 563 g/mol. The van der Waals surface area contributed by atoms with Crippen molar-refractivity contribution in [3.63, 3.8) is 0 Å². The Hall–Kier alpha value is -4.06. The molecule has 2 aliphatic rings. The third kappa shape index (κ3) is 5.88. The number of carbonyl (C=O) groups is 2. The quantitative estimate of drug-likeness (QED) is 0.291. The first-order chi connectivity index (χ1) is 19.6. The number of nitro groups is 1. The second kappa shape index (κ2) is 11.8. The smallest absolute Gasteiger partial charge is 0.300 e. The van der Waals surface area contributed by atoms with Gasteiger partial charge in [0.05, 0.1) is 17.2 Å². The molecule has 2 unspecified atom stereocenters. The molecule has 2 amide bonds. The van der Waals surface area contributed by atoms with Gasteiger partial charge >= 0.3 is 5.69 Å². The number of fused-ring (bicyclic) bond motifs is 3. The van der Waals surface area contributed by atoms with Crippen LogP contribution in [-0.4, -0.2) is 89.7 Å². The van der Waals surface area contributed by atoms with Gasteiger partial charge in [0, 0.05) is 51.8 Å². The van der Waals surface area contributed by atoms with Crippen molar-refractivity contribution in [3.8, 4) is 0 Å². The summed E-state index contributed by atoms with van der Waals surface area (Å²) >= 11 is 0. The van der Waals surface area contributed by atoms with Gasteiger partial charge < -0.3 is 20.0 Å². The molecule has 2 fully saturated rings. The van der Waals surface area contributed by atoms with E-state index in [4.69, 9.17) is 4.63 Å². The van der Waals surface area contributed by atoms with Crippen molar-refractivity contribution in [1.29, 1.82) is 0 Å². The van der Waals surface area contributed by atoms with Crippen LogP contribution in [0.15, 0.2) is 41.0 Å². The van der Waals surface area contributed by atoms with Crippen molar-refractivity contribution in [1.82, 2.24) is 25.4 Å². The normalized spacial score (nSPS) is 22.0. The molecule has 218 valence electrons. The SMILES string of the molecule is Cc1ccc([C@H]2C[C@H]3CCC(C2CN(C)C(=O)CNC(=O)CCN(C)c2ccc([N+](=O)[O-])c4nonc24)N3C)cc1. The van der Waals surface area contributed by atoms with Crippen LogP contribution in [0.25, 0.3) is 11.0 Å². The van der Waals surface area contributed by atoms with E-state index in [-0.39, 0.29) is 41.5 Å². The lowest BCUT2D eigenvalue weighted by Crippen LogP contribution is -2.51. The van der Waals surface area contributed by atoms with E-state index >= 15 is 0 Å². The van der Waals surface area contributed by atoms with Crippen LogP contribution in [0, 0.1) is 23.0 Å². The Labute approximate surface area is 238 Å². The lowest BCUT2D eigenvalue weighted by molar-refractivity contribution is -0.383. The van der Waals surface area contributed by atoms with Crippen LogP contribution < -0.4 is 10.2 Å². The topological polar surface area (TPSA) is 138 Å². The Morgan fingerprint density at radius 3 is 2.59 bits per heavy atom. The van der Waals surface area contributed by atoms with Crippen LogP contribution in [0.3, 0.4) is 0 Å². The van der Waals surface area contributed by atoms with Crippen molar-refractivity contribution in [2.45, 2.75) is 50.6 Å². The number of likely N-dealkylation sites (N-methyl/N-ethyl adjacent to an activating group) is 1. The van der Waals surface area contributed by atoms with E-state index in [1.54, 1.807) is 22.9 Å². The van der Waals surface area contributed by atoms with Gasteiger partial charge in [-0.05, 0) is 67.0 Å². The molecule has 12 heteroatoms. The first-order valence-electron chi connectivity index (χ1n) is 14.0. The van der Waals surface area contributed by atoms with Gasteiger partial charge in [-0.2, -0.15) is 0 Å². The number of amides is 2. The molecule has 0 saturated carbocycles. The van der Waals surface area contributed by atoms with Gasteiger partial charge in [-0.3, -0.25) is 19.7 Å². The molecule has 1 aromatic heterocycles. The number of benzene rings is 2. The minimum Gasteiger partial charge on any atom is -0.372 e. The van der Waals surface area contributed by atoms with Gasteiger partial charge in [0.1, 0.15) is 0 Å². The van der Waals surface area contributed by atoms with Gasteiger partial charge in [-0.1, -0.05) is 29.8 Å². The van der Waals surface area contributed by atoms with Crippen LogP contribution in [-0.2, 0) is 9.59 Å². The van der Waals surface area contributed by atoms with Crippen molar-refractivity contribution in [3.05, 3.63) is 57.6 Å². The summed E-state index contributed by atoms with van der Waals surface area (Å²) in [4.78, 5) is 42.4. The predicted octanol–water partition coefficient (Wildman–Crippen LogP) is 3.11. The fraction of sp³-hybridized carbons (Fsp3) is 0.517. The summed E-state index contributed by atoms with van der Waals surface area (Å²) in [5.41, 5.74) is 3.26. The Kier molecular flexibility index (Phi) is 8.20. The van der Waals surface area contributed by atoms with Crippen LogP contribution in [0.1, 0.15) is 42.7 Å². The molecule has 2 aliphatic heterocycles. The number of non-ortho nitro benzene ring substituents is 1. The zero-order valence-electron chi connectivity index (χ0n) is 23.9. The maximum atomic E-state index is 13.1. The summed E-state index contributed by atoms with van der Waals surface area (Å²) < 4.78 is 4.72. The summed E-state index contributed by atoms with van der Waals surface area (Å²) in [6.45, 7) is 2.98. The molecule has 4 atom stereocenters. The number of piperidine rings is 1. The average molecular weight is 564 g/mol. The van der Waals surface area contributed by atoms with Gasteiger partial charge in [-0.15, -0.1) is 0 Å². The third-order valence-corrected chi connectivity index (χ3v) is 8.94. The maximum absolute atomic E-state index is 13.1. The Morgan fingerprint density at radius 1 is 1.12 bits per heavy atom. The highest BCUT2D eigenvalue weighted by molar-refractivity contribution is 5.94. The molecule has 1 N–H and O–H groups in total. The van der Waals surface area contributed by atoms with E-state index in [0.717, 1.165) is 12.8 Å². The molecule has 2 bridgehead atoms. The zero-order chi connectivity index (χ0) is 29.3. The van der Waals surface area contributed by atoms with Crippen molar-refractivity contribution in [2.75, 3.05) is 45.7 Å². The van der Waals surface area contributed by atoms with Crippen molar-refractivity contribution in [2.24, 2.45) is 5.92 Å². The second-order valence-electron chi connectivity index (χ2n) is 11.4. The number of nitro benzene ring substituents is 1. The molecule has 3 heterocycles. The minimum atomic E-state index is -0.544. The van der Waals surface area contributed by atoms with Crippen LogP contribution in [0.2, 0.25) is 0 Å². The fourth-order valence-corrected chi connectivity index (χ4v) is 6.52. The van der Waals surface area contributed by atoms with E-state index in [9.17, 15) is 19.7 Å². The molecule has 2 aromatic carbocycles. The molecule has 0 spiro atoms. The first-order valence-corrected chi connectivity index (χ1v) is 14.0. The van der Waals surface area contributed by atoms with E-state index in [1.807, 2.05) is 7.05 Å². The van der Waals surface area contributed by atoms with Crippen LogP contribution in [0.5, 0.6) is 0 Å². The molecule has 2 saturated heterocycles. The summed E-state index contributed by atoms with van der Waals surface area (Å²) in [5, 5.41) is 21.4. The number of hydrogen-bond donors (Lipinski definition) is 1. The van der Waals surface area contributed by atoms with E-state index in [1.165, 1.54) is 23.6 Å². The maximum Gasteiger partial charge on any atom is 0.300 e. The minimum absolute atomic E-state index is 0.0549. The Balaban J connectivity index is 1.15. The highest BCUT2D eigenvalue weighted by atomic mass is 16.6. The molecule has 3 aromatic rings. The third-order valence-electron chi connectivity index (χ3n) is 8.94. The lowest BCUT2D eigenvalue weighted by atomic mass is 9.75. The van der Waals surface area contributed by atoms with Gasteiger partial charge in [0.15, 0.2) is 5.52 Å². The van der Waals surface area contributed by atoms with Crippen LogP contribution in [0.4, 0.5) is 11.4 Å². The van der Waals surface area contributed by atoms with Crippen molar-refractivity contribution < 1.29 is 19.1 Å². The molecule has 5 rings (SSSR count). The number of aryl methyl sites for hydroxylation is 1. The number of carbonyl (C=O) groups excluding carboxylic acids is 2. The molecular formula is C29H37N7O5. The van der Waals surface area contributed by atoms with E-state index < -0.39 is 4.92 Å². The zero-order valence-corrected chi connectivity index (χ0v) is 23.9. The first kappa shape index (κ1) is 28.5. The second-order valence-corrected chi connectivity index (χ2v) is 11.4. The Bertz CT molecular complexity index is 1420. The fourth-order valence-electron chi connectivity index (χ4n) is 6.52. The molecule has 12 nitrogen and oxygen atoms in total. The number of nitrogens with zero attached hydrogens (tertiary/aromatic N) is 6. The summed E-state index contributed by atoms with van der Waals surface area (Å²) in [5.74, 6) is 0.339. The van der Waals surface area contributed by atoms with Crippen LogP contribution >= 0.6 is 0 Å². The van der Waals surface area contributed by atoms with E-state index in [2.05, 4.69) is 58.8 Å². The van der Waals surface area contributed by atoms with Crippen molar-refractivity contribution >= 4 is 34.2 Å². The molecule has 41 heavy (non-hydrogen) atoms. The highest BCUT2D eigenvalue weighted by Crippen LogP contribution is 2.46. The summed E-state index contributed by atoms with van der Waals surface area (Å²) in [6, 6.07) is 12.7. The summed E-state index contributed by atoms with van der Waals surface area (Å²) in [6.07, 6.45) is 3.56. The number of rotatable bonds is 10. The number of anilines is 1. The average Bonchev–Trinajstić information content (AvgIpc) is 3.53. The molecule has 0 radical (unpaired) electrons. The lowest BCUT2D eigenvalue weighted by Gasteiger charge is -2.44. The number of hydrogen-bond acceptors (Lipinski definition) is 9. The van der Waals surface area contributed by atoms with Gasteiger partial charge in [-0.25, -0.2) is 4.63 Å². The number of aromatic nitrogens is 2. The van der Waals surface area contributed by atoms with Gasteiger partial charge in [0.25, 0.3) is 0 Å². The number of nitrogens with one attached hydrogen (secondary N) is 1. The standard InChI is InChI=1S/C29H37N7O5/c1-18-5-7-19(8-6-18)21-15-20-9-10-23(35(20)4)22(21)17-34(3)27(38)16-30-26(37)13-14-33(2)24-11-12-25(36(39)40)29-28(24)31-41-32-29/h5-8,11-12,20-23H,9-10,13-17H2,1-4H3,(H,30,37)/t20-,21-,22?,23?/m1/s1. The van der Waals surface area contributed by atoms with E-state index in [0.29, 0.717) is 42.7 Å². The highest BCUT2D eigenvalue weighted by Gasteiger charge is 2.46. The Morgan fingerprint density at radius 2 is 1.85 bits per heavy atom. The van der Waals surface area contributed by atoms with Gasteiger partial charge in [0.2, 0.25) is 17.3 Å². The largest absolute Gasteiger partial charge is 0.372 e. The molecule has 0 aliphatic carbocycles. The summed E-state index contributed by atoms with van der Waals surface area (Å²) in [7, 11) is 5.78. The predicted molar refractivity (Wildman–Crippen MR) is 154 cm³/mol. The molecular weight excluding hydrogens is 526 g/mol.